The monoisotopic (exact) mass is 280 g/mol. The number of thioether (sulfide) groups is 1. The van der Waals surface area contributed by atoms with Crippen molar-refractivity contribution in [3.8, 4) is 0 Å². The minimum Gasteiger partial charge on any atom is -0.368 e. The molecule has 2 rings (SSSR count). The van der Waals surface area contributed by atoms with E-state index in [-0.39, 0.29) is 11.9 Å². The SMILES string of the molecule is CC(C)NC(CSc1ncccn1)(C(N)=O)C1CC1. The molecule has 19 heavy (non-hydrogen) atoms. The molecule has 0 radical (unpaired) electrons. The summed E-state index contributed by atoms with van der Waals surface area (Å²) in [7, 11) is 0. The van der Waals surface area contributed by atoms with Gasteiger partial charge >= 0.3 is 0 Å². The number of nitrogens with one attached hydrogen (secondary N) is 1. The summed E-state index contributed by atoms with van der Waals surface area (Å²) < 4.78 is 0. The fourth-order valence-electron chi connectivity index (χ4n) is 2.25. The van der Waals surface area contributed by atoms with E-state index in [9.17, 15) is 4.79 Å². The van der Waals surface area contributed by atoms with E-state index < -0.39 is 5.54 Å². The second-order valence-electron chi connectivity index (χ2n) is 5.23. The van der Waals surface area contributed by atoms with Gasteiger partial charge in [-0.05, 0) is 38.7 Å². The lowest BCUT2D eigenvalue weighted by molar-refractivity contribution is -0.124. The van der Waals surface area contributed by atoms with Gasteiger partial charge in [-0.1, -0.05) is 11.8 Å². The summed E-state index contributed by atoms with van der Waals surface area (Å²) in [4.78, 5) is 20.3. The average molecular weight is 280 g/mol. The van der Waals surface area contributed by atoms with Crippen LogP contribution >= 0.6 is 11.8 Å². The molecule has 0 bridgehead atoms. The van der Waals surface area contributed by atoms with Gasteiger partial charge in [0.25, 0.3) is 0 Å². The Hall–Kier alpha value is -1.14. The van der Waals surface area contributed by atoms with E-state index >= 15 is 0 Å². The predicted octanol–water partition coefficient (Wildman–Crippen LogP) is 1.20. The minimum absolute atomic E-state index is 0.213. The molecule has 1 heterocycles. The highest BCUT2D eigenvalue weighted by Gasteiger charge is 2.50. The van der Waals surface area contributed by atoms with Gasteiger partial charge in [-0.3, -0.25) is 4.79 Å². The van der Waals surface area contributed by atoms with E-state index in [0.29, 0.717) is 16.8 Å². The molecule has 0 aliphatic heterocycles. The third kappa shape index (κ3) is 3.45. The number of carbonyl (C=O) groups is 1. The minimum atomic E-state index is -0.641. The molecule has 0 aromatic carbocycles. The van der Waals surface area contributed by atoms with Gasteiger partial charge in [0.05, 0.1) is 0 Å². The summed E-state index contributed by atoms with van der Waals surface area (Å²) in [6.45, 7) is 4.06. The molecule has 0 spiro atoms. The summed E-state index contributed by atoms with van der Waals surface area (Å²) >= 11 is 1.48. The van der Waals surface area contributed by atoms with Crippen molar-refractivity contribution in [2.24, 2.45) is 11.7 Å². The highest BCUT2D eigenvalue weighted by Crippen LogP contribution is 2.42. The molecule has 3 N–H and O–H groups in total. The predicted molar refractivity (Wildman–Crippen MR) is 75.7 cm³/mol. The molecule has 1 amide bonds. The number of primary amides is 1. The first-order chi connectivity index (χ1) is 9.04. The van der Waals surface area contributed by atoms with Crippen LogP contribution in [0.4, 0.5) is 0 Å². The Labute approximate surface area is 117 Å². The van der Waals surface area contributed by atoms with Gasteiger partial charge in [-0.2, -0.15) is 0 Å². The molecule has 1 aromatic rings. The fourth-order valence-corrected chi connectivity index (χ4v) is 3.34. The summed E-state index contributed by atoms with van der Waals surface area (Å²) in [5, 5.41) is 4.05. The number of amides is 1. The molecule has 104 valence electrons. The van der Waals surface area contributed by atoms with Crippen LogP contribution in [-0.4, -0.2) is 33.2 Å². The van der Waals surface area contributed by atoms with E-state index in [4.69, 9.17) is 5.73 Å². The number of nitrogens with two attached hydrogens (primary N) is 1. The average Bonchev–Trinajstić information content (AvgIpc) is 3.19. The van der Waals surface area contributed by atoms with Crippen molar-refractivity contribution in [3.05, 3.63) is 18.5 Å². The molecule has 5 nitrogen and oxygen atoms in total. The molecule has 1 aliphatic carbocycles. The Bertz CT molecular complexity index is 436. The van der Waals surface area contributed by atoms with Crippen LogP contribution in [0.3, 0.4) is 0 Å². The number of carbonyl (C=O) groups excluding carboxylic acids is 1. The van der Waals surface area contributed by atoms with E-state index in [1.165, 1.54) is 11.8 Å². The van der Waals surface area contributed by atoms with Crippen molar-refractivity contribution in [2.45, 2.75) is 43.4 Å². The largest absolute Gasteiger partial charge is 0.368 e. The highest BCUT2D eigenvalue weighted by atomic mass is 32.2. The van der Waals surface area contributed by atoms with Gasteiger partial charge < -0.3 is 11.1 Å². The van der Waals surface area contributed by atoms with Gasteiger partial charge in [0.2, 0.25) is 5.91 Å². The zero-order valence-corrected chi connectivity index (χ0v) is 12.1. The molecule has 0 saturated heterocycles. The Kier molecular flexibility index (Phi) is 4.42. The smallest absolute Gasteiger partial charge is 0.238 e. The quantitative estimate of drug-likeness (QED) is 0.579. The maximum Gasteiger partial charge on any atom is 0.238 e. The van der Waals surface area contributed by atoms with Gasteiger partial charge in [0.15, 0.2) is 5.16 Å². The number of rotatable bonds is 7. The van der Waals surface area contributed by atoms with Crippen LogP contribution in [0.1, 0.15) is 26.7 Å². The second kappa shape index (κ2) is 5.88. The lowest BCUT2D eigenvalue weighted by atomic mass is 9.93. The zero-order valence-electron chi connectivity index (χ0n) is 11.3. The van der Waals surface area contributed by atoms with Crippen LogP contribution in [0.5, 0.6) is 0 Å². The van der Waals surface area contributed by atoms with E-state index in [1.807, 2.05) is 13.8 Å². The van der Waals surface area contributed by atoms with Gasteiger partial charge in [0, 0.05) is 24.2 Å². The maximum atomic E-state index is 12.0. The van der Waals surface area contributed by atoms with Crippen LogP contribution in [0.25, 0.3) is 0 Å². The van der Waals surface area contributed by atoms with Gasteiger partial charge in [0.1, 0.15) is 5.54 Å². The molecular weight excluding hydrogens is 260 g/mol. The Morgan fingerprint density at radius 2 is 2.16 bits per heavy atom. The molecular formula is C13H20N4OS. The fraction of sp³-hybridized carbons (Fsp3) is 0.615. The molecule has 1 saturated carbocycles. The van der Waals surface area contributed by atoms with Crippen LogP contribution in [0.15, 0.2) is 23.6 Å². The lowest BCUT2D eigenvalue weighted by Gasteiger charge is -2.33. The standard InChI is InChI=1S/C13H20N4OS/c1-9(2)17-13(11(14)18,10-4-5-10)8-19-12-15-6-3-7-16-12/h3,6-7,9-10,17H,4-5,8H2,1-2H3,(H2,14,18). The van der Waals surface area contributed by atoms with Crippen LogP contribution in [0.2, 0.25) is 0 Å². The third-order valence-electron chi connectivity index (χ3n) is 3.23. The molecule has 1 aromatic heterocycles. The molecule has 1 atom stereocenters. The molecule has 1 unspecified atom stereocenters. The normalized spacial score (nSPS) is 18.3. The first-order valence-corrected chi connectivity index (χ1v) is 7.50. The highest BCUT2D eigenvalue weighted by molar-refractivity contribution is 7.99. The maximum absolute atomic E-state index is 12.0. The first-order valence-electron chi connectivity index (χ1n) is 6.52. The van der Waals surface area contributed by atoms with Gasteiger partial charge in [-0.25, -0.2) is 9.97 Å². The van der Waals surface area contributed by atoms with Crippen molar-refractivity contribution in [1.29, 1.82) is 0 Å². The molecule has 1 aliphatic rings. The first kappa shape index (κ1) is 14.3. The number of hydrogen-bond donors (Lipinski definition) is 2. The summed E-state index contributed by atoms with van der Waals surface area (Å²) in [5.74, 6) is 0.644. The molecule has 1 fully saturated rings. The van der Waals surface area contributed by atoms with Crippen molar-refractivity contribution in [3.63, 3.8) is 0 Å². The van der Waals surface area contributed by atoms with E-state index in [0.717, 1.165) is 12.8 Å². The van der Waals surface area contributed by atoms with Crippen molar-refractivity contribution >= 4 is 17.7 Å². The van der Waals surface area contributed by atoms with E-state index in [2.05, 4.69) is 15.3 Å². The van der Waals surface area contributed by atoms with Gasteiger partial charge in [-0.15, -0.1) is 0 Å². The topological polar surface area (TPSA) is 80.9 Å². The Morgan fingerprint density at radius 3 is 2.63 bits per heavy atom. The van der Waals surface area contributed by atoms with Crippen LogP contribution < -0.4 is 11.1 Å². The van der Waals surface area contributed by atoms with Crippen molar-refractivity contribution < 1.29 is 4.79 Å². The van der Waals surface area contributed by atoms with Crippen molar-refractivity contribution in [2.75, 3.05) is 5.75 Å². The zero-order chi connectivity index (χ0) is 13.9. The van der Waals surface area contributed by atoms with E-state index in [1.54, 1.807) is 18.5 Å². The lowest BCUT2D eigenvalue weighted by Crippen LogP contribution is -2.61. The number of nitrogens with zero attached hydrogens (tertiary/aromatic N) is 2. The number of aromatic nitrogens is 2. The molecule has 6 heteroatoms. The summed E-state index contributed by atoms with van der Waals surface area (Å²) in [6, 6.07) is 1.99. The number of hydrogen-bond acceptors (Lipinski definition) is 5. The Morgan fingerprint density at radius 1 is 1.53 bits per heavy atom. The summed E-state index contributed by atoms with van der Waals surface area (Å²) in [5.41, 5.74) is 5.03. The second-order valence-corrected chi connectivity index (χ2v) is 6.17. The Balaban J connectivity index is 2.11. The van der Waals surface area contributed by atoms with Crippen LogP contribution in [0, 0.1) is 5.92 Å². The third-order valence-corrected chi connectivity index (χ3v) is 4.30. The summed E-state index contributed by atoms with van der Waals surface area (Å²) in [6.07, 6.45) is 5.51. The van der Waals surface area contributed by atoms with Crippen molar-refractivity contribution in [1.82, 2.24) is 15.3 Å². The van der Waals surface area contributed by atoms with Crippen LogP contribution in [-0.2, 0) is 4.79 Å².